The molecule has 2 fully saturated rings. The van der Waals surface area contributed by atoms with E-state index in [0.717, 1.165) is 32.8 Å². The largest absolute Gasteiger partial charge is 0.496 e. The third kappa shape index (κ3) is 9.02. The van der Waals surface area contributed by atoms with Crippen molar-refractivity contribution in [2.45, 2.75) is 70.7 Å². The Morgan fingerprint density at radius 1 is 0.647 bits per heavy atom. The molecule has 280 valence electrons. The molecule has 2 aliphatic rings. The molecule has 51 heavy (non-hydrogen) atoms. The van der Waals surface area contributed by atoms with Gasteiger partial charge in [-0.2, -0.15) is 0 Å². The molecule has 0 atom stereocenters. The van der Waals surface area contributed by atoms with Crippen molar-refractivity contribution in [3.63, 3.8) is 0 Å². The molecule has 0 aromatic heterocycles. The third-order valence-corrected chi connectivity index (χ3v) is 14.0. The van der Waals surface area contributed by atoms with Crippen LogP contribution in [0.2, 0.25) is 19.6 Å². The molecule has 3 aromatic rings. The van der Waals surface area contributed by atoms with Crippen LogP contribution in [0, 0.1) is 0 Å². The van der Waals surface area contributed by atoms with Crippen LogP contribution >= 0.6 is 7.92 Å². The summed E-state index contributed by atoms with van der Waals surface area (Å²) in [5.74, 6) is 2.35. The van der Waals surface area contributed by atoms with Gasteiger partial charge in [0.2, 0.25) is 0 Å². The summed E-state index contributed by atoms with van der Waals surface area (Å²) in [6, 6.07) is 14.8. The van der Waals surface area contributed by atoms with Crippen LogP contribution < -0.4 is 44.8 Å². The van der Waals surface area contributed by atoms with Crippen molar-refractivity contribution in [1.29, 1.82) is 0 Å². The lowest BCUT2D eigenvalue weighted by Gasteiger charge is -2.31. The van der Waals surface area contributed by atoms with Crippen molar-refractivity contribution in [2.75, 3.05) is 68.8 Å². The van der Waals surface area contributed by atoms with E-state index in [2.05, 4.69) is 62.1 Å². The molecule has 2 saturated heterocycles. The van der Waals surface area contributed by atoms with Crippen LogP contribution in [0.5, 0.6) is 28.7 Å². The van der Waals surface area contributed by atoms with Gasteiger partial charge in [-0.1, -0.05) is 37.8 Å². The van der Waals surface area contributed by atoms with E-state index in [9.17, 15) is 0 Å². The molecule has 2 heterocycles. The van der Waals surface area contributed by atoms with Gasteiger partial charge < -0.3 is 47.4 Å². The van der Waals surface area contributed by atoms with E-state index in [1.165, 1.54) is 5.19 Å². The number of hydrogen-bond acceptors (Lipinski definition) is 10. The second kappa shape index (κ2) is 16.8. The first-order valence-corrected chi connectivity index (χ1v) is 22.3. The van der Waals surface area contributed by atoms with Crippen LogP contribution in [0.25, 0.3) is 0 Å². The molecule has 0 spiro atoms. The number of para-hydroxylation sites is 1. The maximum absolute atomic E-state index is 6.53. The number of benzene rings is 3. The topological polar surface area (TPSA) is 92.3 Å². The Balaban J connectivity index is 1.74. The third-order valence-electron chi connectivity index (χ3n) is 9.42. The smallest absolute Gasteiger partial charge is 0.188 e. The Bertz CT molecular complexity index is 1490. The van der Waals surface area contributed by atoms with Gasteiger partial charge in [0.05, 0.1) is 73.5 Å². The second-order valence-corrected chi connectivity index (χ2v) is 21.2. The highest BCUT2D eigenvalue weighted by molar-refractivity contribution is 7.80. The lowest BCUT2D eigenvalue weighted by atomic mass is 10.0. The fourth-order valence-electron chi connectivity index (χ4n) is 6.68. The molecule has 0 saturated carbocycles. The number of ether oxygens (including phenoxy) is 10. The highest BCUT2D eigenvalue weighted by Crippen LogP contribution is 2.48. The van der Waals surface area contributed by atoms with Crippen LogP contribution in [0.15, 0.2) is 42.5 Å². The van der Waals surface area contributed by atoms with E-state index in [4.69, 9.17) is 47.4 Å². The highest BCUT2D eigenvalue weighted by atomic mass is 31.1. The molecule has 0 unspecified atom stereocenters. The Labute approximate surface area is 305 Å². The average molecular weight is 743 g/mol. The molecule has 2 aliphatic heterocycles. The normalized spacial score (nSPS) is 16.8. The van der Waals surface area contributed by atoms with E-state index < -0.39 is 27.6 Å². The van der Waals surface area contributed by atoms with E-state index in [1.54, 1.807) is 35.5 Å². The number of aryl methyl sites for hydroxylation is 2. The Morgan fingerprint density at radius 3 is 1.41 bits per heavy atom. The van der Waals surface area contributed by atoms with Crippen molar-refractivity contribution in [1.82, 2.24) is 0 Å². The molecule has 10 nitrogen and oxygen atoms in total. The quantitative estimate of drug-likeness (QED) is 0.102. The van der Waals surface area contributed by atoms with Crippen LogP contribution in [0.1, 0.15) is 37.8 Å². The van der Waals surface area contributed by atoms with E-state index in [0.29, 0.717) is 75.1 Å². The molecular formula is C39H55O10PSi. The summed E-state index contributed by atoms with van der Waals surface area (Å²) in [5, 5.41) is 3.94. The van der Waals surface area contributed by atoms with Crippen LogP contribution in [0.4, 0.5) is 0 Å². The second-order valence-electron chi connectivity index (χ2n) is 14.1. The van der Waals surface area contributed by atoms with Gasteiger partial charge in [-0.05, 0) is 67.3 Å². The van der Waals surface area contributed by atoms with Crippen molar-refractivity contribution >= 4 is 37.1 Å². The average Bonchev–Trinajstić information content (AvgIpc) is 3.77. The maximum atomic E-state index is 6.53. The number of methoxy groups -OCH3 is 5. The molecule has 12 heteroatoms. The van der Waals surface area contributed by atoms with Gasteiger partial charge in [0.1, 0.15) is 28.7 Å². The summed E-state index contributed by atoms with van der Waals surface area (Å²) in [4.78, 5) is 0. The van der Waals surface area contributed by atoms with Gasteiger partial charge in [-0.25, -0.2) is 0 Å². The molecule has 0 N–H and O–H groups in total. The zero-order chi connectivity index (χ0) is 36.8. The molecule has 3 aromatic carbocycles. The van der Waals surface area contributed by atoms with E-state index >= 15 is 0 Å². The minimum absolute atomic E-state index is 0.101. The summed E-state index contributed by atoms with van der Waals surface area (Å²) in [6.45, 7) is 13.4. The summed E-state index contributed by atoms with van der Waals surface area (Å²) in [5.41, 5.74) is 2.10. The summed E-state index contributed by atoms with van der Waals surface area (Å²) < 4.78 is 60.7. The molecular weight excluding hydrogens is 687 g/mol. The fourth-order valence-corrected chi connectivity index (χ4v) is 11.1. The minimum atomic E-state index is -1.92. The number of rotatable bonds is 17. The van der Waals surface area contributed by atoms with Gasteiger partial charge in [0, 0.05) is 33.2 Å². The number of hydrogen-bond donors (Lipinski definition) is 0. The van der Waals surface area contributed by atoms with E-state index in [1.807, 2.05) is 13.8 Å². The molecule has 0 radical (unpaired) electrons. The summed E-state index contributed by atoms with van der Waals surface area (Å²) >= 11 is 0. The first kappa shape index (κ1) is 39.3. The first-order valence-electron chi connectivity index (χ1n) is 17.5. The van der Waals surface area contributed by atoms with Gasteiger partial charge in [0.25, 0.3) is 0 Å². The van der Waals surface area contributed by atoms with E-state index in [-0.39, 0.29) is 6.79 Å². The van der Waals surface area contributed by atoms with Crippen molar-refractivity contribution in [2.24, 2.45) is 0 Å². The Kier molecular flexibility index (Phi) is 13.0. The maximum Gasteiger partial charge on any atom is 0.188 e. The van der Waals surface area contributed by atoms with Crippen LogP contribution in [-0.2, 0) is 36.5 Å². The Morgan fingerprint density at radius 2 is 1.06 bits per heavy atom. The summed E-state index contributed by atoms with van der Waals surface area (Å²) in [6.07, 6.45) is 2.81. The zero-order valence-electron chi connectivity index (χ0n) is 31.9. The predicted molar refractivity (Wildman–Crippen MR) is 204 cm³/mol. The highest BCUT2D eigenvalue weighted by Gasteiger charge is 2.37. The fraction of sp³-hybridized carbons (Fsp3) is 0.538. The van der Waals surface area contributed by atoms with Gasteiger partial charge in [-0.3, -0.25) is 0 Å². The molecule has 0 bridgehead atoms. The van der Waals surface area contributed by atoms with Gasteiger partial charge in [0.15, 0.2) is 18.4 Å². The minimum Gasteiger partial charge on any atom is -0.496 e. The van der Waals surface area contributed by atoms with Crippen molar-refractivity contribution in [3.8, 4) is 28.7 Å². The lowest BCUT2D eigenvalue weighted by Crippen LogP contribution is -2.41. The molecule has 0 amide bonds. The SMILES string of the molecule is COCOc1c(P(c2c(OC)cc(CCC3(C)OCCO3)cc2OC)c2c(OC)cc(CCC3(C)OCCO3)cc2OC)cccc1[Si](C)(C)C. The van der Waals surface area contributed by atoms with Gasteiger partial charge in [-0.15, -0.1) is 0 Å². The van der Waals surface area contributed by atoms with Crippen molar-refractivity contribution in [3.05, 3.63) is 53.6 Å². The molecule has 5 rings (SSSR count). The van der Waals surface area contributed by atoms with Crippen LogP contribution in [-0.4, -0.2) is 88.4 Å². The van der Waals surface area contributed by atoms with Crippen LogP contribution in [0.3, 0.4) is 0 Å². The predicted octanol–water partition coefficient (Wildman–Crippen LogP) is 5.40. The first-order chi connectivity index (χ1) is 24.4. The monoisotopic (exact) mass is 742 g/mol. The van der Waals surface area contributed by atoms with Crippen molar-refractivity contribution < 1.29 is 47.4 Å². The zero-order valence-corrected chi connectivity index (χ0v) is 33.8. The molecule has 0 aliphatic carbocycles. The Hall–Kier alpha value is -2.89. The summed E-state index contributed by atoms with van der Waals surface area (Å²) in [7, 11) is 5.03. The van der Waals surface area contributed by atoms with Gasteiger partial charge >= 0.3 is 0 Å². The standard InChI is InChI=1S/C39H55O10PSi/c1-38(46-18-19-47-38)16-14-27-22-29(41-4)36(30(23-27)42-5)50(33-12-11-13-34(51(8,9)10)35(33)45-26-40-3)37-31(43-6)24-28(25-32(37)44-7)15-17-39(2)48-20-21-49-39/h11-13,22-25H,14-21,26H2,1-10H3. The lowest BCUT2D eigenvalue weighted by molar-refractivity contribution is -0.146.